The van der Waals surface area contributed by atoms with Gasteiger partial charge in [0.2, 0.25) is 5.91 Å². The van der Waals surface area contributed by atoms with Crippen molar-refractivity contribution in [3.63, 3.8) is 0 Å². The number of hydrogen-bond acceptors (Lipinski definition) is 3. The Balaban J connectivity index is 2.29. The molecule has 1 aromatic rings. The maximum atomic E-state index is 11.6. The molecule has 1 heterocycles. The second-order valence-corrected chi connectivity index (χ2v) is 3.41. The van der Waals surface area contributed by atoms with Crippen LogP contribution in [0.4, 0.5) is 5.69 Å². The van der Waals surface area contributed by atoms with Crippen LogP contribution >= 0.6 is 0 Å². The number of carbonyl (C=O) groups is 2. The van der Waals surface area contributed by atoms with Crippen LogP contribution in [0.15, 0.2) is 24.3 Å². The van der Waals surface area contributed by atoms with E-state index in [1.165, 1.54) is 4.90 Å². The van der Waals surface area contributed by atoms with Gasteiger partial charge >= 0.3 is 0 Å². The number of amides is 2. The fraction of sp³-hybridized carbons (Fsp3) is 0.273. The molecule has 0 atom stereocenters. The number of nitrogens with one attached hydrogen (secondary N) is 1. The van der Waals surface area contributed by atoms with Crippen LogP contribution in [0.3, 0.4) is 0 Å². The molecule has 84 valence electrons. The normalized spacial score (nSPS) is 14.1. The molecular formula is C11H12N2O3. The van der Waals surface area contributed by atoms with Crippen LogP contribution in [0.5, 0.6) is 5.75 Å². The van der Waals surface area contributed by atoms with Crippen molar-refractivity contribution in [2.75, 3.05) is 25.1 Å². The highest BCUT2D eigenvalue weighted by molar-refractivity contribution is 6.02. The van der Waals surface area contributed by atoms with Crippen LogP contribution in [0, 0.1) is 0 Å². The van der Waals surface area contributed by atoms with Crippen LogP contribution in [0.25, 0.3) is 0 Å². The van der Waals surface area contributed by atoms with E-state index in [0.717, 1.165) is 0 Å². The molecule has 0 radical (unpaired) electrons. The number of anilines is 1. The van der Waals surface area contributed by atoms with E-state index >= 15 is 0 Å². The zero-order chi connectivity index (χ0) is 11.5. The third kappa shape index (κ3) is 1.84. The number of para-hydroxylation sites is 2. The zero-order valence-corrected chi connectivity index (χ0v) is 8.90. The van der Waals surface area contributed by atoms with Crippen molar-refractivity contribution in [1.82, 2.24) is 5.32 Å². The van der Waals surface area contributed by atoms with Gasteiger partial charge in [-0.15, -0.1) is 0 Å². The Kier molecular flexibility index (Phi) is 2.76. The molecule has 0 aromatic heterocycles. The van der Waals surface area contributed by atoms with E-state index in [9.17, 15) is 9.59 Å². The third-order valence-electron chi connectivity index (χ3n) is 2.39. The van der Waals surface area contributed by atoms with Gasteiger partial charge in [-0.25, -0.2) is 0 Å². The first-order chi connectivity index (χ1) is 7.72. The molecule has 1 aliphatic rings. The highest BCUT2D eigenvalue weighted by atomic mass is 16.5. The molecular weight excluding hydrogens is 208 g/mol. The summed E-state index contributed by atoms with van der Waals surface area (Å²) in [7, 11) is 1.54. The van der Waals surface area contributed by atoms with Gasteiger partial charge < -0.3 is 10.1 Å². The number of rotatable bonds is 2. The van der Waals surface area contributed by atoms with Gasteiger partial charge in [-0.05, 0) is 12.1 Å². The van der Waals surface area contributed by atoms with Gasteiger partial charge in [0.25, 0.3) is 5.91 Å². The Labute approximate surface area is 93.0 Å². The summed E-state index contributed by atoms with van der Waals surface area (Å²) in [5, 5.41) is 2.49. The summed E-state index contributed by atoms with van der Waals surface area (Å²) >= 11 is 0. The summed E-state index contributed by atoms with van der Waals surface area (Å²) in [6, 6.07) is 7.16. The molecule has 0 unspecified atom stereocenters. The van der Waals surface area contributed by atoms with Crippen molar-refractivity contribution in [3.8, 4) is 5.75 Å². The van der Waals surface area contributed by atoms with Crippen molar-refractivity contribution in [1.29, 1.82) is 0 Å². The molecule has 0 saturated carbocycles. The fourth-order valence-electron chi connectivity index (χ4n) is 1.55. The first-order valence-electron chi connectivity index (χ1n) is 4.95. The number of ether oxygens (including phenoxy) is 1. The monoisotopic (exact) mass is 220 g/mol. The lowest BCUT2D eigenvalue weighted by Crippen LogP contribution is -2.44. The lowest BCUT2D eigenvalue weighted by Gasteiger charge is -2.28. The van der Waals surface area contributed by atoms with E-state index < -0.39 is 0 Å². The second kappa shape index (κ2) is 4.22. The van der Waals surface area contributed by atoms with Crippen molar-refractivity contribution < 1.29 is 14.3 Å². The van der Waals surface area contributed by atoms with E-state index in [4.69, 9.17) is 4.74 Å². The quantitative estimate of drug-likeness (QED) is 0.772. The van der Waals surface area contributed by atoms with E-state index in [2.05, 4.69) is 5.32 Å². The number of carbonyl (C=O) groups excluding carboxylic acids is 2. The van der Waals surface area contributed by atoms with Gasteiger partial charge in [0.15, 0.2) is 6.61 Å². The number of benzene rings is 1. The molecule has 5 heteroatoms. The Morgan fingerprint density at radius 2 is 2.25 bits per heavy atom. The average Bonchev–Trinajstić information content (AvgIpc) is 2.32. The Hall–Kier alpha value is -2.04. The second-order valence-electron chi connectivity index (χ2n) is 3.41. The highest BCUT2D eigenvalue weighted by Gasteiger charge is 2.26. The van der Waals surface area contributed by atoms with E-state index in [1.54, 1.807) is 25.2 Å². The summed E-state index contributed by atoms with van der Waals surface area (Å²) in [4.78, 5) is 24.3. The van der Waals surface area contributed by atoms with Crippen molar-refractivity contribution in [2.24, 2.45) is 0 Å². The molecule has 0 aliphatic carbocycles. The van der Waals surface area contributed by atoms with E-state index in [1.807, 2.05) is 6.07 Å². The smallest absolute Gasteiger partial charge is 0.265 e. The summed E-state index contributed by atoms with van der Waals surface area (Å²) in [5.74, 6) is 0.221. The first kappa shape index (κ1) is 10.5. The Bertz CT molecular complexity index is 431. The molecule has 2 rings (SSSR count). The Morgan fingerprint density at radius 3 is 3.00 bits per heavy atom. The highest BCUT2D eigenvalue weighted by Crippen LogP contribution is 2.30. The van der Waals surface area contributed by atoms with Gasteiger partial charge in [-0.2, -0.15) is 0 Å². The van der Waals surface area contributed by atoms with Crippen LogP contribution in [0.1, 0.15) is 0 Å². The molecule has 1 aromatic carbocycles. The molecule has 1 N–H and O–H groups in total. The van der Waals surface area contributed by atoms with Gasteiger partial charge in [0.05, 0.1) is 5.69 Å². The summed E-state index contributed by atoms with van der Waals surface area (Å²) in [6.45, 7) is 0.00368. The topological polar surface area (TPSA) is 58.6 Å². The Morgan fingerprint density at radius 1 is 1.50 bits per heavy atom. The summed E-state index contributed by atoms with van der Waals surface area (Å²) < 4.78 is 5.26. The van der Waals surface area contributed by atoms with E-state index in [-0.39, 0.29) is 25.0 Å². The molecule has 0 spiro atoms. The van der Waals surface area contributed by atoms with Gasteiger partial charge in [-0.3, -0.25) is 14.5 Å². The standard InChI is InChI=1S/C11H12N2O3/c1-12-10(14)6-13-8-4-2-3-5-9(8)16-7-11(13)15/h2-5H,6-7H2,1H3,(H,12,14). The lowest BCUT2D eigenvalue weighted by molar-refractivity contribution is -0.125. The maximum absolute atomic E-state index is 11.6. The molecule has 5 nitrogen and oxygen atoms in total. The third-order valence-corrected chi connectivity index (χ3v) is 2.39. The minimum absolute atomic E-state index is 0.0198. The summed E-state index contributed by atoms with van der Waals surface area (Å²) in [5.41, 5.74) is 0.641. The van der Waals surface area contributed by atoms with Crippen molar-refractivity contribution in [2.45, 2.75) is 0 Å². The number of fused-ring (bicyclic) bond motifs is 1. The summed E-state index contributed by atoms with van der Waals surface area (Å²) in [6.07, 6.45) is 0. The number of likely N-dealkylation sites (N-methyl/N-ethyl adjacent to an activating group) is 1. The maximum Gasteiger partial charge on any atom is 0.265 e. The average molecular weight is 220 g/mol. The predicted molar refractivity (Wildman–Crippen MR) is 58.4 cm³/mol. The first-order valence-corrected chi connectivity index (χ1v) is 4.95. The lowest BCUT2D eigenvalue weighted by atomic mass is 10.2. The van der Waals surface area contributed by atoms with Crippen molar-refractivity contribution >= 4 is 17.5 Å². The molecule has 0 bridgehead atoms. The van der Waals surface area contributed by atoms with Gasteiger partial charge in [0.1, 0.15) is 12.3 Å². The van der Waals surface area contributed by atoms with E-state index in [0.29, 0.717) is 11.4 Å². The molecule has 2 amide bonds. The van der Waals surface area contributed by atoms with Crippen LogP contribution in [-0.4, -0.2) is 32.0 Å². The molecule has 16 heavy (non-hydrogen) atoms. The zero-order valence-electron chi connectivity index (χ0n) is 8.90. The van der Waals surface area contributed by atoms with Gasteiger partial charge in [-0.1, -0.05) is 12.1 Å². The van der Waals surface area contributed by atoms with Crippen LogP contribution < -0.4 is 15.0 Å². The predicted octanol–water partition coefficient (Wildman–Crippen LogP) is 0.158. The number of hydrogen-bond donors (Lipinski definition) is 1. The molecule has 1 aliphatic heterocycles. The van der Waals surface area contributed by atoms with Gasteiger partial charge in [0, 0.05) is 7.05 Å². The molecule has 0 saturated heterocycles. The van der Waals surface area contributed by atoms with Crippen LogP contribution in [-0.2, 0) is 9.59 Å². The minimum Gasteiger partial charge on any atom is -0.482 e. The van der Waals surface area contributed by atoms with Crippen LogP contribution in [0.2, 0.25) is 0 Å². The largest absolute Gasteiger partial charge is 0.482 e. The SMILES string of the molecule is CNC(=O)CN1C(=O)COc2ccccc21. The van der Waals surface area contributed by atoms with Crippen molar-refractivity contribution in [3.05, 3.63) is 24.3 Å². The molecule has 0 fully saturated rings. The fourth-order valence-corrected chi connectivity index (χ4v) is 1.55. The minimum atomic E-state index is -0.206. The number of nitrogens with zero attached hydrogens (tertiary/aromatic N) is 1.